The third-order valence-corrected chi connectivity index (χ3v) is 7.64. The molecule has 0 bridgehead atoms. The maximum absolute atomic E-state index is 14.3. The van der Waals surface area contributed by atoms with Gasteiger partial charge in [-0.1, -0.05) is 17.7 Å². The number of halogens is 4. The van der Waals surface area contributed by atoms with E-state index in [1.54, 1.807) is 9.80 Å². The fraction of sp³-hybridized carbons (Fsp3) is 0.357. The van der Waals surface area contributed by atoms with Gasteiger partial charge in [0.2, 0.25) is 18.6 Å². The molecule has 2 aliphatic heterocycles. The zero-order valence-corrected chi connectivity index (χ0v) is 23.5. The second-order valence-electron chi connectivity index (χ2n) is 10.4. The lowest BCUT2D eigenvalue weighted by Gasteiger charge is -2.40. The van der Waals surface area contributed by atoms with Crippen LogP contribution in [0.25, 0.3) is 0 Å². The number of alkyl halides is 1. The number of nitrogens with zero attached hydrogens (tertiary/aromatic N) is 3. The lowest BCUT2D eigenvalue weighted by molar-refractivity contribution is -0.140. The number of benzene rings is 2. The van der Waals surface area contributed by atoms with Crippen molar-refractivity contribution in [1.82, 2.24) is 25.1 Å². The first kappa shape index (κ1) is 30.3. The molecule has 0 unspecified atom stereocenters. The predicted octanol–water partition coefficient (Wildman–Crippen LogP) is 2.50. The summed E-state index contributed by atoms with van der Waals surface area (Å²) < 4.78 is 45.1. The minimum Gasteiger partial charge on any atom is -0.460 e. The summed E-state index contributed by atoms with van der Waals surface area (Å²) in [4.78, 5) is 48.3. The van der Waals surface area contributed by atoms with E-state index in [4.69, 9.17) is 11.6 Å². The van der Waals surface area contributed by atoms with E-state index in [9.17, 15) is 32.7 Å². The van der Waals surface area contributed by atoms with Gasteiger partial charge < -0.3 is 35.3 Å². The zero-order valence-electron chi connectivity index (χ0n) is 22.8. The van der Waals surface area contributed by atoms with Crippen LogP contribution in [-0.2, 0) is 11.2 Å². The van der Waals surface area contributed by atoms with Crippen molar-refractivity contribution in [2.45, 2.75) is 18.4 Å². The Bertz CT molecular complexity index is 1540. The van der Waals surface area contributed by atoms with Crippen LogP contribution in [0, 0.1) is 11.6 Å². The molecule has 3 heterocycles. The van der Waals surface area contributed by atoms with Crippen molar-refractivity contribution in [2.75, 3.05) is 51.4 Å². The maximum Gasteiger partial charge on any atom is 0.291 e. The largest absolute Gasteiger partial charge is 0.460 e. The summed E-state index contributed by atoms with van der Waals surface area (Å²) in [5, 5.41) is 15.9. The van der Waals surface area contributed by atoms with E-state index < -0.39 is 35.8 Å². The van der Waals surface area contributed by atoms with E-state index >= 15 is 0 Å². The molecular formula is C28H28ClF3N6O5. The summed E-state index contributed by atoms with van der Waals surface area (Å²) in [5.74, 6) is -4.28. The molecule has 3 amide bonds. The number of H-pyrrole nitrogens is 1. The van der Waals surface area contributed by atoms with Gasteiger partial charge in [-0.3, -0.25) is 14.4 Å². The number of aliphatic hydroxyl groups is 1. The fourth-order valence-electron chi connectivity index (χ4n) is 4.87. The molecule has 0 atom stereocenters. The summed E-state index contributed by atoms with van der Waals surface area (Å²) in [7, 11) is 0. The Hall–Kier alpha value is -4.14. The molecule has 11 nitrogen and oxygen atoms in total. The smallest absolute Gasteiger partial charge is 0.291 e. The van der Waals surface area contributed by atoms with E-state index in [-0.39, 0.29) is 46.6 Å². The third-order valence-electron chi connectivity index (χ3n) is 7.33. The molecule has 4 N–H and O–H groups in total. The summed E-state index contributed by atoms with van der Waals surface area (Å²) in [6.45, 7) is 0.760. The van der Waals surface area contributed by atoms with Crippen molar-refractivity contribution in [3.05, 3.63) is 75.8 Å². The molecule has 5 rings (SSSR count). The second kappa shape index (κ2) is 12.6. The van der Waals surface area contributed by atoms with Gasteiger partial charge in [-0.2, -0.15) is 4.39 Å². The van der Waals surface area contributed by atoms with Gasteiger partial charge in [0, 0.05) is 63.3 Å². The maximum atomic E-state index is 14.3. The highest BCUT2D eigenvalue weighted by Crippen LogP contribution is 2.26. The van der Waals surface area contributed by atoms with Gasteiger partial charge in [-0.25, -0.2) is 13.8 Å². The van der Waals surface area contributed by atoms with E-state index in [2.05, 4.69) is 25.3 Å². The summed E-state index contributed by atoms with van der Waals surface area (Å²) in [6.07, 6.45) is 1.22. The number of carbonyl (C=O) groups is 3. The van der Waals surface area contributed by atoms with Crippen LogP contribution in [-0.4, -0.2) is 94.3 Å². The molecule has 3 aromatic rings. The van der Waals surface area contributed by atoms with Gasteiger partial charge in [-0.05, 0) is 29.8 Å². The van der Waals surface area contributed by atoms with Crippen LogP contribution in [0.2, 0.25) is 5.02 Å². The van der Waals surface area contributed by atoms with E-state index in [1.807, 2.05) is 0 Å². The monoisotopic (exact) mass is 620 g/mol. The fourth-order valence-corrected chi connectivity index (χ4v) is 5.13. The number of nitrogens with one attached hydrogen (secondary N) is 3. The molecule has 228 valence electrons. The minimum absolute atomic E-state index is 0.0387. The second-order valence-corrected chi connectivity index (χ2v) is 10.8. The molecule has 1 aromatic heterocycles. The van der Waals surface area contributed by atoms with Crippen LogP contribution in [0.1, 0.15) is 38.7 Å². The highest BCUT2D eigenvalue weighted by atomic mass is 35.5. The van der Waals surface area contributed by atoms with E-state index in [0.717, 1.165) is 6.07 Å². The number of piperazine rings is 1. The Morgan fingerprint density at radius 3 is 2.44 bits per heavy atom. The summed E-state index contributed by atoms with van der Waals surface area (Å²) in [6, 6.07) is 6.76. The number of ether oxygens (including phenoxy) is 1. The number of imidazole rings is 1. The molecule has 2 saturated heterocycles. The predicted molar refractivity (Wildman–Crippen MR) is 149 cm³/mol. The van der Waals surface area contributed by atoms with Gasteiger partial charge in [0.25, 0.3) is 11.8 Å². The highest BCUT2D eigenvalue weighted by molar-refractivity contribution is 6.34. The van der Waals surface area contributed by atoms with Crippen LogP contribution >= 0.6 is 11.6 Å². The first-order chi connectivity index (χ1) is 20.6. The molecule has 0 saturated carbocycles. The van der Waals surface area contributed by atoms with Gasteiger partial charge in [0.05, 0.1) is 22.6 Å². The number of amides is 3. The Morgan fingerprint density at radius 1 is 1.07 bits per heavy atom. The van der Waals surface area contributed by atoms with Crippen molar-refractivity contribution in [2.24, 2.45) is 0 Å². The molecule has 0 spiro atoms. The normalized spacial score (nSPS) is 16.0. The van der Waals surface area contributed by atoms with Crippen LogP contribution in [0.5, 0.6) is 5.75 Å². The number of β-amino-alcohol motifs (C(OH)–C–C–N with tert-alkyl or cyclic N) is 1. The van der Waals surface area contributed by atoms with Crippen molar-refractivity contribution in [3.8, 4) is 5.75 Å². The molecular weight excluding hydrogens is 593 g/mol. The number of hydrogen-bond donors (Lipinski definition) is 4. The molecule has 0 aliphatic carbocycles. The van der Waals surface area contributed by atoms with Gasteiger partial charge in [-0.15, -0.1) is 0 Å². The minimum atomic E-state index is -1.32. The third kappa shape index (κ3) is 6.76. The topological polar surface area (TPSA) is 140 Å². The van der Waals surface area contributed by atoms with Crippen LogP contribution in [0.15, 0.2) is 36.5 Å². The van der Waals surface area contributed by atoms with Crippen molar-refractivity contribution < 1.29 is 37.4 Å². The summed E-state index contributed by atoms with van der Waals surface area (Å²) in [5.41, 5.74) is -0.218. The van der Waals surface area contributed by atoms with Gasteiger partial charge in [0.15, 0.2) is 17.4 Å². The lowest BCUT2D eigenvalue weighted by atomic mass is 9.92. The standard InChI is InChI=1S/C28H28ClF3N6O5/c29-20-10-17(2-3-19(20)27(41)38-7-5-37(6-8-38)22(39)11-28(42)13-33-14-28)36-26(40)25-34-12-18(35-25)9-16-1-4-21(43-15-30)24(32)23(16)31/h1-4,10,12,33,42H,5-9,11,13-15H2,(H,34,35)(H,36,40). The van der Waals surface area contributed by atoms with Crippen molar-refractivity contribution in [3.63, 3.8) is 0 Å². The lowest BCUT2D eigenvalue weighted by Crippen LogP contribution is -2.62. The van der Waals surface area contributed by atoms with Crippen LogP contribution < -0.4 is 15.4 Å². The zero-order chi connectivity index (χ0) is 30.7. The van der Waals surface area contributed by atoms with Crippen molar-refractivity contribution >= 4 is 35.0 Å². The number of aromatic amines is 1. The average Bonchev–Trinajstić information content (AvgIpc) is 3.45. The first-order valence-electron chi connectivity index (χ1n) is 13.4. The highest BCUT2D eigenvalue weighted by Gasteiger charge is 2.38. The summed E-state index contributed by atoms with van der Waals surface area (Å²) >= 11 is 6.38. The average molecular weight is 621 g/mol. The number of anilines is 1. The van der Waals surface area contributed by atoms with Crippen molar-refractivity contribution in [1.29, 1.82) is 0 Å². The Balaban J connectivity index is 1.15. The molecule has 2 aromatic carbocycles. The Kier molecular flexibility index (Phi) is 8.89. The number of carbonyl (C=O) groups excluding carboxylic acids is 3. The molecule has 2 aliphatic rings. The number of rotatable bonds is 9. The first-order valence-corrected chi connectivity index (χ1v) is 13.8. The van der Waals surface area contributed by atoms with E-state index in [0.29, 0.717) is 50.6 Å². The van der Waals surface area contributed by atoms with Gasteiger partial charge >= 0.3 is 0 Å². The van der Waals surface area contributed by atoms with E-state index in [1.165, 1.54) is 30.5 Å². The van der Waals surface area contributed by atoms with Crippen LogP contribution in [0.4, 0.5) is 18.9 Å². The number of hydrogen-bond acceptors (Lipinski definition) is 7. The molecule has 0 radical (unpaired) electrons. The van der Waals surface area contributed by atoms with Crippen LogP contribution in [0.3, 0.4) is 0 Å². The quantitative estimate of drug-likeness (QED) is 0.288. The Labute approximate surface area is 249 Å². The SMILES string of the molecule is O=C(Nc1ccc(C(=O)N2CCN(C(=O)CC3(O)CNC3)CC2)c(Cl)c1)c1ncc(Cc2ccc(OCF)c(F)c2F)[nH]1. The molecule has 43 heavy (non-hydrogen) atoms. The number of aromatic nitrogens is 2. The molecule has 15 heteroatoms. The Morgan fingerprint density at radius 2 is 1.79 bits per heavy atom. The van der Waals surface area contributed by atoms with Gasteiger partial charge in [0.1, 0.15) is 0 Å². The molecule has 2 fully saturated rings.